The van der Waals surface area contributed by atoms with Crippen LogP contribution in [0.2, 0.25) is 0 Å². The number of rotatable bonds is 6. The van der Waals surface area contributed by atoms with Gasteiger partial charge in [0.2, 0.25) is 16.9 Å². The number of anilines is 2. The SMILES string of the molecule is O=C(O)CSc1nnc(NC(=O)C2CC(=O)N(c3ccc(F)cc3)C2)s1. The van der Waals surface area contributed by atoms with Crippen LogP contribution >= 0.6 is 23.1 Å². The van der Waals surface area contributed by atoms with Crippen molar-refractivity contribution in [3.05, 3.63) is 30.1 Å². The molecule has 8 nitrogen and oxygen atoms in total. The predicted molar refractivity (Wildman–Crippen MR) is 93.8 cm³/mol. The minimum absolute atomic E-state index is 0.0443. The van der Waals surface area contributed by atoms with Crippen LogP contribution in [0.15, 0.2) is 28.6 Å². The first-order valence-corrected chi connectivity index (χ1v) is 9.27. The fourth-order valence-electron chi connectivity index (χ4n) is 2.40. The number of nitrogens with one attached hydrogen (secondary N) is 1. The topological polar surface area (TPSA) is 112 Å². The Balaban J connectivity index is 1.59. The molecule has 0 radical (unpaired) electrons. The smallest absolute Gasteiger partial charge is 0.313 e. The molecular weight excluding hydrogens is 383 g/mol. The monoisotopic (exact) mass is 396 g/mol. The van der Waals surface area contributed by atoms with E-state index >= 15 is 0 Å². The van der Waals surface area contributed by atoms with E-state index in [2.05, 4.69) is 15.5 Å². The second kappa shape index (κ2) is 7.79. The van der Waals surface area contributed by atoms with Crippen molar-refractivity contribution in [2.75, 3.05) is 22.5 Å². The van der Waals surface area contributed by atoms with E-state index in [-0.39, 0.29) is 35.7 Å². The first-order chi connectivity index (χ1) is 12.4. The molecule has 3 rings (SSSR count). The summed E-state index contributed by atoms with van der Waals surface area (Å²) >= 11 is 2.08. The number of carboxylic acids is 1. The van der Waals surface area contributed by atoms with Crippen LogP contribution in [0, 0.1) is 11.7 Å². The third-order valence-corrected chi connectivity index (χ3v) is 5.55. The third kappa shape index (κ3) is 4.35. The lowest BCUT2D eigenvalue weighted by Gasteiger charge is -2.16. The quantitative estimate of drug-likeness (QED) is 0.566. The van der Waals surface area contributed by atoms with Crippen molar-refractivity contribution in [3.8, 4) is 0 Å². The second-order valence-electron chi connectivity index (χ2n) is 5.43. The molecule has 1 aliphatic heterocycles. The number of aromatic nitrogens is 2. The fraction of sp³-hybridized carbons (Fsp3) is 0.267. The van der Waals surface area contributed by atoms with Gasteiger partial charge in [0.1, 0.15) is 5.82 Å². The molecule has 0 aliphatic carbocycles. The number of benzene rings is 1. The van der Waals surface area contributed by atoms with E-state index in [1.165, 1.54) is 29.2 Å². The summed E-state index contributed by atoms with van der Waals surface area (Å²) < 4.78 is 13.4. The largest absolute Gasteiger partial charge is 0.481 e. The number of halogens is 1. The highest BCUT2D eigenvalue weighted by Gasteiger charge is 2.35. The van der Waals surface area contributed by atoms with Gasteiger partial charge in [0.15, 0.2) is 4.34 Å². The summed E-state index contributed by atoms with van der Waals surface area (Å²) in [7, 11) is 0. The van der Waals surface area contributed by atoms with Crippen molar-refractivity contribution in [2.45, 2.75) is 10.8 Å². The van der Waals surface area contributed by atoms with Gasteiger partial charge in [0, 0.05) is 18.7 Å². The van der Waals surface area contributed by atoms with Crippen LogP contribution < -0.4 is 10.2 Å². The molecule has 2 amide bonds. The van der Waals surface area contributed by atoms with E-state index in [4.69, 9.17) is 5.11 Å². The minimum Gasteiger partial charge on any atom is -0.481 e. The molecule has 26 heavy (non-hydrogen) atoms. The van der Waals surface area contributed by atoms with E-state index < -0.39 is 17.7 Å². The molecule has 136 valence electrons. The molecule has 11 heteroatoms. The van der Waals surface area contributed by atoms with Gasteiger partial charge in [-0.15, -0.1) is 10.2 Å². The van der Waals surface area contributed by atoms with E-state index in [1.807, 2.05) is 0 Å². The van der Waals surface area contributed by atoms with Gasteiger partial charge in [0.05, 0.1) is 11.7 Å². The van der Waals surface area contributed by atoms with Gasteiger partial charge < -0.3 is 15.3 Å². The van der Waals surface area contributed by atoms with Crippen LogP contribution in [0.25, 0.3) is 0 Å². The molecule has 2 heterocycles. The number of amides is 2. The number of hydrogen-bond donors (Lipinski definition) is 2. The Morgan fingerprint density at radius 2 is 2.08 bits per heavy atom. The number of carbonyl (C=O) groups excluding carboxylic acids is 2. The maximum Gasteiger partial charge on any atom is 0.313 e. The van der Waals surface area contributed by atoms with Crippen molar-refractivity contribution in [3.63, 3.8) is 0 Å². The minimum atomic E-state index is -0.971. The first kappa shape index (κ1) is 18.3. The lowest BCUT2D eigenvalue weighted by Crippen LogP contribution is -2.28. The number of nitrogens with zero attached hydrogens (tertiary/aromatic N) is 3. The highest BCUT2D eigenvalue weighted by atomic mass is 32.2. The van der Waals surface area contributed by atoms with Gasteiger partial charge >= 0.3 is 5.97 Å². The number of carbonyl (C=O) groups is 3. The van der Waals surface area contributed by atoms with Gasteiger partial charge in [-0.05, 0) is 24.3 Å². The molecule has 1 unspecified atom stereocenters. The second-order valence-corrected chi connectivity index (χ2v) is 7.63. The van der Waals surface area contributed by atoms with E-state index in [0.29, 0.717) is 10.0 Å². The molecule has 1 fully saturated rings. The molecule has 1 aliphatic rings. The van der Waals surface area contributed by atoms with Gasteiger partial charge in [0.25, 0.3) is 0 Å². The first-order valence-electron chi connectivity index (χ1n) is 7.47. The zero-order valence-corrected chi connectivity index (χ0v) is 14.8. The van der Waals surface area contributed by atoms with E-state index in [9.17, 15) is 18.8 Å². The average molecular weight is 396 g/mol. The Kier molecular flexibility index (Phi) is 5.47. The van der Waals surface area contributed by atoms with Gasteiger partial charge in [-0.2, -0.15) is 0 Å². The molecule has 1 saturated heterocycles. The summed E-state index contributed by atoms with van der Waals surface area (Å²) in [4.78, 5) is 36.5. The Labute approximate surface area is 155 Å². The molecule has 1 aromatic heterocycles. The number of carboxylic acid groups (broad SMARTS) is 1. The summed E-state index contributed by atoms with van der Waals surface area (Å²) in [6.45, 7) is 0.190. The zero-order valence-electron chi connectivity index (χ0n) is 13.2. The van der Waals surface area contributed by atoms with Crippen molar-refractivity contribution >= 4 is 51.7 Å². The molecule has 1 atom stereocenters. The summed E-state index contributed by atoms with van der Waals surface area (Å²) in [5, 5.41) is 19.1. The maximum atomic E-state index is 13.0. The van der Waals surface area contributed by atoms with Crippen LogP contribution in [0.3, 0.4) is 0 Å². The summed E-state index contributed by atoms with van der Waals surface area (Å²) in [6, 6.07) is 5.50. The van der Waals surface area contributed by atoms with Crippen molar-refractivity contribution < 1.29 is 23.9 Å². The van der Waals surface area contributed by atoms with Crippen molar-refractivity contribution in [1.82, 2.24) is 10.2 Å². The molecule has 0 spiro atoms. The normalized spacial score (nSPS) is 16.7. The summed E-state index contributed by atoms with van der Waals surface area (Å²) in [5.74, 6) is -2.66. The van der Waals surface area contributed by atoms with Gasteiger partial charge in [-0.1, -0.05) is 23.1 Å². The summed E-state index contributed by atoms with van der Waals surface area (Å²) in [5.41, 5.74) is 0.537. The molecule has 2 N–H and O–H groups in total. The summed E-state index contributed by atoms with van der Waals surface area (Å²) in [6.07, 6.45) is 0.0443. The maximum absolute atomic E-state index is 13.0. The zero-order chi connectivity index (χ0) is 18.7. The molecule has 2 aromatic rings. The Morgan fingerprint density at radius 3 is 2.77 bits per heavy atom. The predicted octanol–water partition coefficient (Wildman–Crippen LogP) is 1.85. The highest BCUT2D eigenvalue weighted by molar-refractivity contribution is 8.01. The molecular formula is C15H13FN4O4S2. The lowest BCUT2D eigenvalue weighted by molar-refractivity contribution is -0.134. The average Bonchev–Trinajstić information content (AvgIpc) is 3.20. The number of thioether (sulfide) groups is 1. The number of aliphatic carboxylic acids is 1. The molecule has 0 saturated carbocycles. The van der Waals surface area contributed by atoms with Crippen LogP contribution in [0.1, 0.15) is 6.42 Å². The van der Waals surface area contributed by atoms with E-state index in [1.54, 1.807) is 0 Å². The lowest BCUT2D eigenvalue weighted by atomic mass is 10.1. The third-order valence-electron chi connectivity index (χ3n) is 3.59. The van der Waals surface area contributed by atoms with Crippen LogP contribution in [0.5, 0.6) is 0 Å². The van der Waals surface area contributed by atoms with Crippen molar-refractivity contribution in [2.24, 2.45) is 5.92 Å². The van der Waals surface area contributed by atoms with Crippen LogP contribution in [-0.4, -0.2) is 45.4 Å². The van der Waals surface area contributed by atoms with Gasteiger partial charge in [-0.25, -0.2) is 4.39 Å². The Morgan fingerprint density at radius 1 is 1.35 bits per heavy atom. The van der Waals surface area contributed by atoms with Crippen LogP contribution in [0.4, 0.5) is 15.2 Å². The van der Waals surface area contributed by atoms with E-state index in [0.717, 1.165) is 23.1 Å². The van der Waals surface area contributed by atoms with Gasteiger partial charge in [-0.3, -0.25) is 14.4 Å². The van der Waals surface area contributed by atoms with Crippen molar-refractivity contribution in [1.29, 1.82) is 0 Å². The standard InChI is InChI=1S/C15H13FN4O4S2/c16-9-1-3-10(4-2-9)20-6-8(5-11(20)21)13(24)17-14-18-19-15(26-14)25-7-12(22)23/h1-4,8H,5-7H2,(H,22,23)(H,17,18,24). The molecule has 1 aromatic carbocycles. The van der Waals surface area contributed by atoms with Crippen LogP contribution in [-0.2, 0) is 14.4 Å². The number of hydrogen-bond acceptors (Lipinski definition) is 7. The highest BCUT2D eigenvalue weighted by Crippen LogP contribution is 2.28. The fourth-order valence-corrected chi connectivity index (χ4v) is 3.88. The Bertz CT molecular complexity index is 842. The molecule has 0 bridgehead atoms. The Hall–Kier alpha value is -2.53.